The van der Waals surface area contributed by atoms with Crippen LogP contribution in [0.25, 0.3) is 10.9 Å². The third-order valence-corrected chi connectivity index (χ3v) is 5.43. The molecular formula is C19H21N3O2. The number of para-hydroxylation sites is 1. The van der Waals surface area contributed by atoms with Crippen molar-refractivity contribution in [3.8, 4) is 0 Å². The molecule has 0 radical (unpaired) electrons. The van der Waals surface area contributed by atoms with Crippen molar-refractivity contribution in [1.29, 1.82) is 0 Å². The van der Waals surface area contributed by atoms with Gasteiger partial charge in [-0.2, -0.15) is 0 Å². The lowest BCUT2D eigenvalue weighted by atomic mass is 9.68. The van der Waals surface area contributed by atoms with Crippen molar-refractivity contribution in [2.45, 2.75) is 50.6 Å². The number of hydrogen-bond acceptors (Lipinski definition) is 3. The molecule has 1 saturated carbocycles. The molecule has 2 N–H and O–H groups in total. The Labute approximate surface area is 140 Å². The summed E-state index contributed by atoms with van der Waals surface area (Å²) in [6, 6.07) is 9.71. The quantitative estimate of drug-likeness (QED) is 0.892. The molecule has 1 saturated heterocycles. The highest BCUT2D eigenvalue weighted by Gasteiger charge is 2.48. The fourth-order valence-corrected chi connectivity index (χ4v) is 3.90. The van der Waals surface area contributed by atoms with Crippen molar-refractivity contribution in [2.75, 3.05) is 0 Å². The highest BCUT2D eigenvalue weighted by Crippen LogP contribution is 2.39. The van der Waals surface area contributed by atoms with E-state index >= 15 is 0 Å². The smallest absolute Gasteiger partial charge is 0.253 e. The second kappa shape index (κ2) is 5.58. The molecule has 2 fully saturated rings. The lowest BCUT2D eigenvalue weighted by molar-refractivity contribution is -0.127. The van der Waals surface area contributed by atoms with Crippen molar-refractivity contribution in [1.82, 2.24) is 15.6 Å². The van der Waals surface area contributed by atoms with E-state index in [1.165, 1.54) is 0 Å². The van der Waals surface area contributed by atoms with Gasteiger partial charge in [0.05, 0.1) is 28.4 Å². The number of aryl methyl sites for hydroxylation is 1. The number of nitrogens with zero attached hydrogens (tertiary/aromatic N) is 1. The number of hydrogen-bond donors (Lipinski definition) is 2. The zero-order valence-corrected chi connectivity index (χ0v) is 13.8. The molecule has 2 heterocycles. The van der Waals surface area contributed by atoms with Crippen LogP contribution in [0.5, 0.6) is 0 Å². The van der Waals surface area contributed by atoms with E-state index in [0.29, 0.717) is 18.4 Å². The number of carbonyl (C=O) groups is 2. The van der Waals surface area contributed by atoms with Gasteiger partial charge in [0.25, 0.3) is 5.91 Å². The first kappa shape index (κ1) is 15.1. The summed E-state index contributed by atoms with van der Waals surface area (Å²) in [5, 5.41) is 7.23. The van der Waals surface area contributed by atoms with Gasteiger partial charge in [0, 0.05) is 11.8 Å². The van der Waals surface area contributed by atoms with Crippen LogP contribution >= 0.6 is 0 Å². The van der Waals surface area contributed by atoms with Gasteiger partial charge in [-0.25, -0.2) is 0 Å². The fourth-order valence-electron chi connectivity index (χ4n) is 3.90. The van der Waals surface area contributed by atoms with Gasteiger partial charge in [-0.3, -0.25) is 14.6 Å². The monoisotopic (exact) mass is 323 g/mol. The minimum atomic E-state index is -0.233. The average Bonchev–Trinajstić information content (AvgIpc) is 2.54. The number of fused-ring (bicyclic) bond motifs is 1. The SMILES string of the molecule is Cc1nc2ccccc2cc1C(=O)NC1CCC(=O)NC12CCC2. The van der Waals surface area contributed by atoms with Crippen LogP contribution in [0.2, 0.25) is 0 Å². The van der Waals surface area contributed by atoms with E-state index in [4.69, 9.17) is 0 Å². The molecule has 1 spiro atoms. The van der Waals surface area contributed by atoms with Crippen molar-refractivity contribution >= 4 is 22.7 Å². The highest BCUT2D eigenvalue weighted by atomic mass is 16.2. The van der Waals surface area contributed by atoms with Crippen LogP contribution < -0.4 is 10.6 Å². The van der Waals surface area contributed by atoms with E-state index < -0.39 is 0 Å². The Morgan fingerprint density at radius 2 is 2.12 bits per heavy atom. The summed E-state index contributed by atoms with van der Waals surface area (Å²) >= 11 is 0. The normalized spacial score (nSPS) is 22.0. The van der Waals surface area contributed by atoms with Gasteiger partial charge in [0.15, 0.2) is 0 Å². The van der Waals surface area contributed by atoms with E-state index in [2.05, 4.69) is 15.6 Å². The van der Waals surface area contributed by atoms with Crippen LogP contribution in [0.1, 0.15) is 48.2 Å². The third-order valence-electron chi connectivity index (χ3n) is 5.43. The lowest BCUT2D eigenvalue weighted by Gasteiger charge is -2.51. The molecule has 24 heavy (non-hydrogen) atoms. The third kappa shape index (κ3) is 2.44. The van der Waals surface area contributed by atoms with Crippen molar-refractivity contribution in [2.24, 2.45) is 0 Å². The first-order valence-corrected chi connectivity index (χ1v) is 8.56. The molecule has 5 heteroatoms. The highest BCUT2D eigenvalue weighted by molar-refractivity contribution is 5.99. The minimum Gasteiger partial charge on any atom is -0.349 e. The Morgan fingerprint density at radius 1 is 1.33 bits per heavy atom. The van der Waals surface area contributed by atoms with Gasteiger partial charge >= 0.3 is 0 Å². The summed E-state index contributed by atoms with van der Waals surface area (Å²) < 4.78 is 0. The fraction of sp³-hybridized carbons (Fsp3) is 0.421. The van der Waals surface area contributed by atoms with Crippen LogP contribution in [-0.2, 0) is 4.79 Å². The molecule has 1 aromatic carbocycles. The number of carbonyl (C=O) groups excluding carboxylic acids is 2. The van der Waals surface area contributed by atoms with Gasteiger partial charge in [0.2, 0.25) is 5.91 Å². The van der Waals surface area contributed by atoms with E-state index in [0.717, 1.165) is 35.9 Å². The Morgan fingerprint density at radius 3 is 2.88 bits per heavy atom. The van der Waals surface area contributed by atoms with Gasteiger partial charge in [0.1, 0.15) is 0 Å². The molecule has 2 amide bonds. The number of benzene rings is 1. The zero-order valence-electron chi connectivity index (χ0n) is 13.8. The molecule has 1 aliphatic carbocycles. The average molecular weight is 323 g/mol. The van der Waals surface area contributed by atoms with Crippen LogP contribution in [0.4, 0.5) is 0 Å². The molecule has 1 aliphatic heterocycles. The molecular weight excluding hydrogens is 302 g/mol. The molecule has 2 aromatic rings. The molecule has 4 rings (SSSR count). The molecule has 124 valence electrons. The molecule has 2 aliphatic rings. The maximum absolute atomic E-state index is 12.8. The summed E-state index contributed by atoms with van der Waals surface area (Å²) in [7, 11) is 0. The maximum atomic E-state index is 12.8. The number of amides is 2. The van der Waals surface area contributed by atoms with E-state index in [1.54, 1.807) is 0 Å². The predicted octanol–water partition coefficient (Wildman–Crippen LogP) is 2.47. The topological polar surface area (TPSA) is 71.1 Å². The van der Waals surface area contributed by atoms with E-state index in [9.17, 15) is 9.59 Å². The molecule has 0 bridgehead atoms. The van der Waals surface area contributed by atoms with Crippen molar-refractivity contribution in [3.05, 3.63) is 41.6 Å². The number of piperidine rings is 1. The van der Waals surface area contributed by atoms with E-state index in [-0.39, 0.29) is 23.4 Å². The summed E-state index contributed by atoms with van der Waals surface area (Å²) in [5.74, 6) is 0.00179. The zero-order chi connectivity index (χ0) is 16.7. The Kier molecular flexibility index (Phi) is 3.52. The van der Waals surface area contributed by atoms with Gasteiger partial charge in [-0.05, 0) is 44.7 Å². The summed E-state index contributed by atoms with van der Waals surface area (Å²) in [4.78, 5) is 29.1. The molecule has 1 atom stereocenters. The van der Waals surface area contributed by atoms with Gasteiger partial charge in [-0.1, -0.05) is 18.2 Å². The minimum absolute atomic E-state index is 0.00215. The van der Waals surface area contributed by atoms with Crippen molar-refractivity contribution in [3.63, 3.8) is 0 Å². The first-order chi connectivity index (χ1) is 11.6. The Hall–Kier alpha value is -2.43. The lowest BCUT2D eigenvalue weighted by Crippen LogP contribution is -2.68. The van der Waals surface area contributed by atoms with Crippen LogP contribution in [0, 0.1) is 6.92 Å². The summed E-state index contributed by atoms with van der Waals surface area (Å²) in [6.45, 7) is 1.86. The predicted molar refractivity (Wildman–Crippen MR) is 91.7 cm³/mol. The van der Waals surface area contributed by atoms with Gasteiger partial charge < -0.3 is 10.6 Å². The molecule has 1 unspecified atom stereocenters. The second-order valence-corrected chi connectivity index (χ2v) is 6.94. The molecule has 1 aromatic heterocycles. The molecule has 5 nitrogen and oxygen atoms in total. The number of pyridine rings is 1. The number of aromatic nitrogens is 1. The maximum Gasteiger partial charge on any atom is 0.253 e. The Balaban J connectivity index is 1.60. The standard InChI is InChI=1S/C19H21N3O2/c1-12-14(11-13-5-2-3-6-15(13)20-12)18(24)21-16-7-8-17(23)22-19(16)9-4-10-19/h2-3,5-6,11,16H,4,7-10H2,1H3,(H,21,24)(H,22,23). The van der Waals surface area contributed by atoms with E-state index in [1.807, 2.05) is 37.3 Å². The number of rotatable bonds is 2. The Bertz CT molecular complexity index is 826. The van der Waals surface area contributed by atoms with Crippen LogP contribution in [0.3, 0.4) is 0 Å². The largest absolute Gasteiger partial charge is 0.349 e. The van der Waals surface area contributed by atoms with Crippen LogP contribution in [-0.4, -0.2) is 28.4 Å². The summed E-state index contributed by atoms with van der Waals surface area (Å²) in [5.41, 5.74) is 2.00. The first-order valence-electron chi connectivity index (χ1n) is 8.56. The summed E-state index contributed by atoms with van der Waals surface area (Å²) in [6.07, 6.45) is 4.17. The van der Waals surface area contributed by atoms with Gasteiger partial charge in [-0.15, -0.1) is 0 Å². The van der Waals surface area contributed by atoms with Crippen molar-refractivity contribution < 1.29 is 9.59 Å². The number of nitrogens with one attached hydrogen (secondary N) is 2. The second-order valence-electron chi connectivity index (χ2n) is 6.94. The van der Waals surface area contributed by atoms with Crippen LogP contribution in [0.15, 0.2) is 30.3 Å².